The molecule has 0 saturated heterocycles. The second-order valence-electron chi connectivity index (χ2n) is 9.85. The minimum atomic E-state index is -3.77. The van der Waals surface area contributed by atoms with Crippen molar-refractivity contribution in [2.75, 3.05) is 24.2 Å². The molecule has 3 rings (SSSR count). The summed E-state index contributed by atoms with van der Waals surface area (Å²) >= 11 is 0. The lowest BCUT2D eigenvalue weighted by atomic mass is 10.1. The van der Waals surface area contributed by atoms with E-state index in [2.05, 4.69) is 5.32 Å². The lowest BCUT2D eigenvalue weighted by Crippen LogP contribution is -2.53. The number of carbonyl (C=O) groups excluding carboxylic acids is 2. The average Bonchev–Trinajstić information content (AvgIpc) is 3.35. The number of anilines is 1. The maximum atomic E-state index is 13.9. The molecule has 0 aliphatic heterocycles. The smallest absolute Gasteiger partial charge is 0.244 e. The number of methoxy groups -OCH3 is 1. The van der Waals surface area contributed by atoms with Crippen LogP contribution in [-0.4, -0.2) is 57.1 Å². The number of nitrogens with zero attached hydrogens (tertiary/aromatic N) is 2. The van der Waals surface area contributed by atoms with Gasteiger partial charge in [-0.1, -0.05) is 49.6 Å². The van der Waals surface area contributed by atoms with Gasteiger partial charge in [0.15, 0.2) is 0 Å². The van der Waals surface area contributed by atoms with Crippen molar-refractivity contribution in [3.8, 4) is 5.75 Å². The van der Waals surface area contributed by atoms with E-state index in [9.17, 15) is 18.0 Å². The molecule has 202 valence electrons. The Labute approximate surface area is 221 Å². The molecule has 9 heteroatoms. The van der Waals surface area contributed by atoms with Crippen molar-refractivity contribution in [3.05, 3.63) is 59.2 Å². The molecule has 0 spiro atoms. The second kappa shape index (κ2) is 12.4. The van der Waals surface area contributed by atoms with Gasteiger partial charge in [0, 0.05) is 12.6 Å². The van der Waals surface area contributed by atoms with E-state index in [0.717, 1.165) is 52.9 Å². The lowest BCUT2D eigenvalue weighted by Gasteiger charge is -2.33. The zero-order chi connectivity index (χ0) is 27.2. The summed E-state index contributed by atoms with van der Waals surface area (Å²) in [5.41, 5.74) is 2.99. The lowest BCUT2D eigenvalue weighted by molar-refractivity contribution is -0.140. The summed E-state index contributed by atoms with van der Waals surface area (Å²) in [6.45, 7) is 5.36. The van der Waals surface area contributed by atoms with Gasteiger partial charge in [0.1, 0.15) is 18.3 Å². The molecule has 1 atom stereocenters. The van der Waals surface area contributed by atoms with Gasteiger partial charge in [0.2, 0.25) is 21.8 Å². The fraction of sp³-hybridized carbons (Fsp3) is 0.500. The van der Waals surface area contributed by atoms with E-state index in [1.54, 1.807) is 13.2 Å². The molecule has 0 bridgehead atoms. The number of ether oxygens (including phenoxy) is 1. The van der Waals surface area contributed by atoms with Crippen LogP contribution in [0.1, 0.15) is 55.7 Å². The van der Waals surface area contributed by atoms with Crippen molar-refractivity contribution in [1.29, 1.82) is 0 Å². The van der Waals surface area contributed by atoms with E-state index in [1.165, 1.54) is 4.90 Å². The van der Waals surface area contributed by atoms with Gasteiger partial charge in [0.05, 0.1) is 19.1 Å². The largest absolute Gasteiger partial charge is 0.497 e. The average molecular weight is 530 g/mol. The highest BCUT2D eigenvalue weighted by molar-refractivity contribution is 7.92. The van der Waals surface area contributed by atoms with E-state index < -0.39 is 28.5 Å². The Bertz CT molecular complexity index is 1210. The van der Waals surface area contributed by atoms with Gasteiger partial charge in [-0.15, -0.1) is 0 Å². The quantitative estimate of drug-likeness (QED) is 0.476. The molecule has 37 heavy (non-hydrogen) atoms. The van der Waals surface area contributed by atoms with Crippen molar-refractivity contribution in [2.45, 2.75) is 71.5 Å². The number of aryl methyl sites for hydroxylation is 2. The highest BCUT2D eigenvalue weighted by Crippen LogP contribution is 2.25. The van der Waals surface area contributed by atoms with Gasteiger partial charge in [-0.05, 0) is 62.4 Å². The van der Waals surface area contributed by atoms with Gasteiger partial charge in [-0.2, -0.15) is 0 Å². The van der Waals surface area contributed by atoms with E-state index in [4.69, 9.17) is 4.74 Å². The van der Waals surface area contributed by atoms with Gasteiger partial charge in [0.25, 0.3) is 0 Å². The second-order valence-corrected chi connectivity index (χ2v) is 11.8. The monoisotopic (exact) mass is 529 g/mol. The Hall–Kier alpha value is -3.07. The first-order valence-electron chi connectivity index (χ1n) is 12.8. The predicted octanol–water partition coefficient (Wildman–Crippen LogP) is 3.94. The summed E-state index contributed by atoms with van der Waals surface area (Å²) < 4.78 is 32.1. The van der Waals surface area contributed by atoms with Gasteiger partial charge in [-0.3, -0.25) is 13.9 Å². The molecular formula is C28H39N3O5S. The van der Waals surface area contributed by atoms with Gasteiger partial charge in [-0.25, -0.2) is 8.42 Å². The van der Waals surface area contributed by atoms with Gasteiger partial charge >= 0.3 is 0 Å². The predicted molar refractivity (Wildman–Crippen MR) is 146 cm³/mol. The van der Waals surface area contributed by atoms with E-state index in [-0.39, 0.29) is 18.5 Å². The van der Waals surface area contributed by atoms with E-state index >= 15 is 0 Å². The van der Waals surface area contributed by atoms with Crippen molar-refractivity contribution in [2.24, 2.45) is 0 Å². The molecule has 8 nitrogen and oxygen atoms in total. The van der Waals surface area contributed by atoms with Crippen molar-refractivity contribution in [3.63, 3.8) is 0 Å². The Balaban J connectivity index is 1.95. The summed E-state index contributed by atoms with van der Waals surface area (Å²) in [5.74, 6) is -0.00823. The molecule has 1 N–H and O–H groups in total. The first kappa shape index (κ1) is 28.5. The summed E-state index contributed by atoms with van der Waals surface area (Å²) in [6, 6.07) is 12.1. The van der Waals surface area contributed by atoms with Crippen LogP contribution in [0.4, 0.5) is 5.69 Å². The van der Waals surface area contributed by atoms with Crippen LogP contribution in [0, 0.1) is 13.8 Å². The number of carbonyl (C=O) groups is 2. The van der Waals surface area contributed by atoms with Crippen LogP contribution in [0.25, 0.3) is 0 Å². The molecule has 0 radical (unpaired) electrons. The summed E-state index contributed by atoms with van der Waals surface area (Å²) in [5, 5.41) is 3.11. The molecule has 0 aromatic heterocycles. The Kier molecular flexibility index (Phi) is 9.59. The topological polar surface area (TPSA) is 96.0 Å². The van der Waals surface area contributed by atoms with Crippen molar-refractivity contribution < 1.29 is 22.7 Å². The Morgan fingerprint density at radius 3 is 2.41 bits per heavy atom. The van der Waals surface area contributed by atoms with Crippen LogP contribution >= 0.6 is 0 Å². The van der Waals surface area contributed by atoms with Crippen LogP contribution in [0.2, 0.25) is 0 Å². The summed E-state index contributed by atoms with van der Waals surface area (Å²) in [7, 11) is -2.20. The molecule has 1 aliphatic rings. The first-order chi connectivity index (χ1) is 17.5. The zero-order valence-corrected chi connectivity index (χ0v) is 23.3. The maximum absolute atomic E-state index is 13.9. The van der Waals surface area contributed by atoms with Crippen molar-refractivity contribution in [1.82, 2.24) is 10.2 Å². The van der Waals surface area contributed by atoms with Crippen LogP contribution < -0.4 is 14.4 Å². The molecule has 1 fully saturated rings. The zero-order valence-electron chi connectivity index (χ0n) is 22.5. The standard InChI is InChI=1S/C28H39N3O5S/c1-6-25(28(33)29-23-11-7-8-12-23)30(18-22-10-9-13-24(17-22)36-4)27(32)19-31(37(5,34)35)26-15-14-20(2)16-21(26)3/h9-10,13-17,23,25H,6-8,11-12,18-19H2,1-5H3,(H,29,33). The van der Waals surface area contributed by atoms with E-state index in [1.807, 2.05) is 57.2 Å². The molecule has 0 heterocycles. The molecule has 1 unspecified atom stereocenters. The fourth-order valence-electron chi connectivity index (χ4n) is 4.93. The molecule has 2 aromatic rings. The third-order valence-corrected chi connectivity index (χ3v) is 8.00. The summed E-state index contributed by atoms with van der Waals surface area (Å²) in [6.07, 6.45) is 5.51. The SMILES string of the molecule is CCC(C(=O)NC1CCCC1)N(Cc1cccc(OC)c1)C(=O)CN(c1ccc(C)cc1C)S(C)(=O)=O. The maximum Gasteiger partial charge on any atom is 0.244 e. The number of rotatable bonds is 11. The number of amides is 2. The molecule has 2 aromatic carbocycles. The fourth-order valence-corrected chi connectivity index (χ4v) is 5.84. The first-order valence-corrected chi connectivity index (χ1v) is 14.7. The highest BCUT2D eigenvalue weighted by Gasteiger charge is 2.33. The van der Waals surface area contributed by atoms with Crippen molar-refractivity contribution >= 4 is 27.5 Å². The minimum absolute atomic E-state index is 0.109. The third-order valence-electron chi connectivity index (χ3n) is 6.87. The van der Waals surface area contributed by atoms with Crippen LogP contribution in [-0.2, 0) is 26.2 Å². The number of benzene rings is 2. The third kappa shape index (κ3) is 7.47. The number of hydrogen-bond donors (Lipinski definition) is 1. The number of hydrogen-bond acceptors (Lipinski definition) is 5. The molecule has 2 amide bonds. The van der Waals surface area contributed by atoms with Crippen LogP contribution in [0.5, 0.6) is 5.75 Å². The number of nitrogens with one attached hydrogen (secondary N) is 1. The summed E-state index contributed by atoms with van der Waals surface area (Å²) in [4.78, 5) is 28.7. The molecule has 1 aliphatic carbocycles. The van der Waals surface area contributed by atoms with Gasteiger partial charge < -0.3 is 15.0 Å². The van der Waals surface area contributed by atoms with E-state index in [0.29, 0.717) is 17.9 Å². The minimum Gasteiger partial charge on any atom is -0.497 e. The van der Waals surface area contributed by atoms with Crippen LogP contribution in [0.15, 0.2) is 42.5 Å². The Morgan fingerprint density at radius 2 is 1.81 bits per heavy atom. The normalized spacial score (nSPS) is 14.7. The Morgan fingerprint density at radius 1 is 1.11 bits per heavy atom. The highest BCUT2D eigenvalue weighted by atomic mass is 32.2. The molecule has 1 saturated carbocycles. The van der Waals surface area contributed by atoms with Crippen LogP contribution in [0.3, 0.4) is 0 Å². The number of sulfonamides is 1. The molecular weight excluding hydrogens is 490 g/mol.